The van der Waals surface area contributed by atoms with Crippen molar-refractivity contribution >= 4 is 22.4 Å². The quantitative estimate of drug-likeness (QED) is 0.709. The summed E-state index contributed by atoms with van der Waals surface area (Å²) in [4.78, 5) is 12.3. The third-order valence-corrected chi connectivity index (χ3v) is 3.98. The van der Waals surface area contributed by atoms with Crippen molar-refractivity contribution in [1.29, 1.82) is 0 Å². The molecule has 0 amide bonds. The molecule has 1 aliphatic rings. The number of esters is 1. The zero-order valence-corrected chi connectivity index (χ0v) is 12.2. The predicted molar refractivity (Wildman–Crippen MR) is 86.9 cm³/mol. The van der Waals surface area contributed by atoms with Gasteiger partial charge in [0.1, 0.15) is 0 Å². The molecule has 3 nitrogen and oxygen atoms in total. The Morgan fingerprint density at radius 2 is 1.77 bits per heavy atom. The summed E-state index contributed by atoms with van der Waals surface area (Å²) >= 11 is 0. The number of carbonyl (C=O) groups excluding carboxylic acids is 1. The molecule has 0 radical (unpaired) electrons. The van der Waals surface area contributed by atoms with Gasteiger partial charge in [-0.05, 0) is 36.1 Å². The molecule has 0 saturated carbocycles. The van der Waals surface area contributed by atoms with Crippen LogP contribution in [0.4, 0.5) is 5.69 Å². The van der Waals surface area contributed by atoms with E-state index in [9.17, 15) is 4.79 Å². The van der Waals surface area contributed by atoms with Gasteiger partial charge in [0.25, 0.3) is 0 Å². The summed E-state index contributed by atoms with van der Waals surface area (Å²) in [6.45, 7) is 2.04. The summed E-state index contributed by atoms with van der Waals surface area (Å²) in [6, 6.07) is 19.8. The van der Waals surface area contributed by atoms with Gasteiger partial charge >= 0.3 is 5.97 Å². The van der Waals surface area contributed by atoms with E-state index in [0.717, 1.165) is 27.6 Å². The van der Waals surface area contributed by atoms with Gasteiger partial charge in [-0.3, -0.25) is 0 Å². The molecule has 108 valence electrons. The number of aryl methyl sites for hydroxylation is 1. The second-order valence-electron chi connectivity index (χ2n) is 5.55. The van der Waals surface area contributed by atoms with Gasteiger partial charge in [-0.15, -0.1) is 0 Å². The lowest BCUT2D eigenvalue weighted by molar-refractivity contribution is 0.0344. The lowest BCUT2D eigenvalue weighted by atomic mass is 9.96. The maximum absolute atomic E-state index is 12.3. The van der Waals surface area contributed by atoms with E-state index in [1.54, 1.807) is 0 Å². The Balaban J connectivity index is 1.83. The van der Waals surface area contributed by atoms with E-state index in [4.69, 9.17) is 4.74 Å². The van der Waals surface area contributed by atoms with Crippen LogP contribution in [0.5, 0.6) is 0 Å². The number of nitrogens with one attached hydrogen (secondary N) is 1. The molecule has 0 bridgehead atoms. The van der Waals surface area contributed by atoms with Gasteiger partial charge in [-0.1, -0.05) is 42.5 Å². The fourth-order valence-electron chi connectivity index (χ4n) is 2.99. The largest absolute Gasteiger partial charge is 0.434 e. The van der Waals surface area contributed by atoms with Crippen molar-refractivity contribution in [3.63, 3.8) is 0 Å². The summed E-state index contributed by atoms with van der Waals surface area (Å²) in [5, 5.41) is 5.35. The smallest absolute Gasteiger partial charge is 0.340 e. The third kappa shape index (κ3) is 2.02. The van der Waals surface area contributed by atoms with Crippen LogP contribution >= 0.6 is 0 Å². The molecule has 4 rings (SSSR count). The van der Waals surface area contributed by atoms with Crippen LogP contribution in [-0.2, 0) is 4.74 Å². The Kier molecular flexibility index (Phi) is 2.86. The number of carbonyl (C=O) groups is 1. The normalized spacial score (nSPS) is 16.4. The highest BCUT2D eigenvalue weighted by atomic mass is 16.6. The fourth-order valence-corrected chi connectivity index (χ4v) is 2.99. The van der Waals surface area contributed by atoms with Crippen LogP contribution in [0.25, 0.3) is 10.8 Å². The molecule has 1 aliphatic heterocycles. The highest BCUT2D eigenvalue weighted by Gasteiger charge is 2.28. The first kappa shape index (κ1) is 12.9. The molecule has 22 heavy (non-hydrogen) atoms. The monoisotopic (exact) mass is 289 g/mol. The molecule has 0 saturated heterocycles. The molecule has 1 unspecified atom stereocenters. The molecule has 1 atom stereocenters. The minimum atomic E-state index is -0.465. The molecule has 0 aliphatic carbocycles. The second kappa shape index (κ2) is 4.88. The Bertz CT molecular complexity index is 880. The number of cyclic esters (lactones) is 1. The van der Waals surface area contributed by atoms with Crippen molar-refractivity contribution in [1.82, 2.24) is 0 Å². The number of hydrogen-bond donors (Lipinski definition) is 1. The third-order valence-electron chi connectivity index (χ3n) is 3.98. The van der Waals surface area contributed by atoms with Crippen LogP contribution in [-0.4, -0.2) is 5.97 Å². The highest BCUT2D eigenvalue weighted by molar-refractivity contribution is 6.07. The summed E-state index contributed by atoms with van der Waals surface area (Å²) < 4.78 is 5.60. The SMILES string of the molecule is Cc1cccc(NC2OC(=O)c3cccc4cccc2c34)c1. The van der Waals surface area contributed by atoms with Crippen molar-refractivity contribution in [2.24, 2.45) is 0 Å². The summed E-state index contributed by atoms with van der Waals surface area (Å²) in [6.07, 6.45) is -0.465. The molecule has 1 heterocycles. The van der Waals surface area contributed by atoms with Gasteiger partial charge in [-0.2, -0.15) is 0 Å². The molecule has 0 aromatic heterocycles. The first-order valence-electron chi connectivity index (χ1n) is 7.28. The summed E-state index contributed by atoms with van der Waals surface area (Å²) in [7, 11) is 0. The zero-order chi connectivity index (χ0) is 15.1. The van der Waals surface area contributed by atoms with Crippen molar-refractivity contribution in [3.8, 4) is 0 Å². The van der Waals surface area contributed by atoms with Crippen molar-refractivity contribution in [2.75, 3.05) is 5.32 Å². The highest BCUT2D eigenvalue weighted by Crippen LogP contribution is 2.35. The molecular formula is C19H15NO2. The molecule has 0 spiro atoms. The lowest BCUT2D eigenvalue weighted by Gasteiger charge is -2.27. The maximum Gasteiger partial charge on any atom is 0.340 e. The molecular weight excluding hydrogens is 274 g/mol. The van der Waals surface area contributed by atoms with E-state index < -0.39 is 6.23 Å². The molecule has 3 aromatic rings. The van der Waals surface area contributed by atoms with E-state index in [-0.39, 0.29) is 5.97 Å². The number of benzene rings is 3. The van der Waals surface area contributed by atoms with Gasteiger partial charge in [0.15, 0.2) is 0 Å². The van der Waals surface area contributed by atoms with Gasteiger partial charge in [0, 0.05) is 16.6 Å². The number of hydrogen-bond acceptors (Lipinski definition) is 3. The van der Waals surface area contributed by atoms with Gasteiger partial charge in [0.2, 0.25) is 6.23 Å². The van der Waals surface area contributed by atoms with E-state index in [1.807, 2.05) is 67.6 Å². The number of ether oxygens (including phenoxy) is 1. The Morgan fingerprint density at radius 1 is 1.00 bits per heavy atom. The Hall–Kier alpha value is -2.81. The molecule has 1 N–H and O–H groups in total. The van der Waals surface area contributed by atoms with E-state index in [1.165, 1.54) is 0 Å². The summed E-state index contributed by atoms with van der Waals surface area (Å²) in [5.41, 5.74) is 3.73. The second-order valence-corrected chi connectivity index (χ2v) is 5.55. The van der Waals surface area contributed by atoms with Crippen LogP contribution < -0.4 is 5.32 Å². The first-order chi connectivity index (χ1) is 10.7. The predicted octanol–water partition coefficient (Wildman–Crippen LogP) is 4.43. The maximum atomic E-state index is 12.3. The lowest BCUT2D eigenvalue weighted by Crippen LogP contribution is -2.23. The minimum Gasteiger partial charge on any atom is -0.434 e. The van der Waals surface area contributed by atoms with E-state index >= 15 is 0 Å². The number of anilines is 1. The van der Waals surface area contributed by atoms with Gasteiger partial charge in [0.05, 0.1) is 5.56 Å². The fraction of sp³-hybridized carbons (Fsp3) is 0.105. The molecule has 3 aromatic carbocycles. The minimum absolute atomic E-state index is 0.283. The Labute approximate surface area is 128 Å². The van der Waals surface area contributed by atoms with Crippen LogP contribution in [0.3, 0.4) is 0 Å². The molecule has 0 fully saturated rings. The Morgan fingerprint density at radius 3 is 2.59 bits per heavy atom. The van der Waals surface area contributed by atoms with Crippen LogP contribution in [0.15, 0.2) is 60.7 Å². The van der Waals surface area contributed by atoms with Gasteiger partial charge < -0.3 is 10.1 Å². The molecule has 3 heteroatoms. The van der Waals surface area contributed by atoms with Crippen LogP contribution in [0, 0.1) is 6.92 Å². The van der Waals surface area contributed by atoms with E-state index in [2.05, 4.69) is 5.32 Å². The van der Waals surface area contributed by atoms with Crippen molar-refractivity contribution < 1.29 is 9.53 Å². The van der Waals surface area contributed by atoms with Crippen LogP contribution in [0.2, 0.25) is 0 Å². The zero-order valence-electron chi connectivity index (χ0n) is 12.2. The standard InChI is InChI=1S/C19H15NO2/c1-12-5-2-8-14(11-12)20-18-15-9-3-6-13-7-4-10-16(17(13)15)19(21)22-18/h2-11,18,20H,1H3. The van der Waals surface area contributed by atoms with E-state index in [0.29, 0.717) is 5.56 Å². The van der Waals surface area contributed by atoms with Crippen molar-refractivity contribution in [3.05, 3.63) is 77.4 Å². The average Bonchev–Trinajstić information content (AvgIpc) is 2.52. The summed E-state index contributed by atoms with van der Waals surface area (Å²) in [5.74, 6) is -0.283. The van der Waals surface area contributed by atoms with Crippen molar-refractivity contribution in [2.45, 2.75) is 13.2 Å². The topological polar surface area (TPSA) is 38.3 Å². The van der Waals surface area contributed by atoms with Gasteiger partial charge in [-0.25, -0.2) is 4.79 Å². The van der Waals surface area contributed by atoms with Crippen LogP contribution in [0.1, 0.15) is 27.7 Å². The first-order valence-corrected chi connectivity index (χ1v) is 7.28. The number of rotatable bonds is 2. The average molecular weight is 289 g/mol.